The number of aryl methyl sites for hydroxylation is 1. The van der Waals surface area contributed by atoms with Crippen molar-refractivity contribution in [2.75, 3.05) is 13.6 Å². The molecular weight excluding hydrogens is 176 g/mol. The third kappa shape index (κ3) is 2.36. The zero-order valence-electron chi connectivity index (χ0n) is 9.50. The summed E-state index contributed by atoms with van der Waals surface area (Å²) in [5.74, 6) is 0.990. The number of nitrogens with two attached hydrogens (primary N) is 1. The van der Waals surface area contributed by atoms with Gasteiger partial charge in [-0.25, -0.2) is 0 Å². The van der Waals surface area contributed by atoms with E-state index in [1.807, 2.05) is 13.0 Å². The Balaban J connectivity index is 2.66. The first-order valence-corrected chi connectivity index (χ1v) is 4.91. The summed E-state index contributed by atoms with van der Waals surface area (Å²) in [6.07, 6.45) is 1.73. The summed E-state index contributed by atoms with van der Waals surface area (Å²) in [7, 11) is 2.08. The van der Waals surface area contributed by atoms with Crippen LogP contribution in [0.5, 0.6) is 0 Å². The Morgan fingerprint density at radius 2 is 2.14 bits per heavy atom. The van der Waals surface area contributed by atoms with Crippen LogP contribution in [0.1, 0.15) is 25.2 Å². The number of likely N-dealkylation sites (N-methyl/N-ethyl adjacent to an activating group) is 1. The lowest BCUT2D eigenvalue weighted by Crippen LogP contribution is -2.46. The minimum absolute atomic E-state index is 0.0315. The molecule has 1 aromatic heterocycles. The molecule has 0 bridgehead atoms. The average Bonchev–Trinajstić information content (AvgIpc) is 2.52. The quantitative estimate of drug-likeness (QED) is 0.798. The van der Waals surface area contributed by atoms with E-state index < -0.39 is 0 Å². The van der Waals surface area contributed by atoms with Crippen LogP contribution in [0, 0.1) is 6.92 Å². The Morgan fingerprint density at radius 1 is 1.50 bits per heavy atom. The molecule has 0 fully saturated rings. The standard InChI is InChI=1S/C11H20N2O/c1-9-10(5-6-14-9)7-13(4)11(2,3)8-12/h5-6H,7-8,12H2,1-4H3. The lowest BCUT2D eigenvalue weighted by molar-refractivity contribution is 0.155. The average molecular weight is 196 g/mol. The molecule has 0 unspecified atom stereocenters. The fraction of sp³-hybridized carbons (Fsp3) is 0.636. The Hall–Kier alpha value is -0.800. The van der Waals surface area contributed by atoms with Gasteiger partial charge in [-0.15, -0.1) is 0 Å². The number of hydrogen-bond acceptors (Lipinski definition) is 3. The SMILES string of the molecule is Cc1occc1CN(C)C(C)(C)CN. The molecule has 14 heavy (non-hydrogen) atoms. The fourth-order valence-electron chi connectivity index (χ4n) is 1.20. The zero-order valence-corrected chi connectivity index (χ0v) is 9.50. The smallest absolute Gasteiger partial charge is 0.105 e. The molecule has 0 amide bonds. The van der Waals surface area contributed by atoms with Crippen molar-refractivity contribution in [3.8, 4) is 0 Å². The normalized spacial score (nSPS) is 12.4. The van der Waals surface area contributed by atoms with Crippen molar-refractivity contribution in [3.05, 3.63) is 23.7 Å². The van der Waals surface area contributed by atoms with E-state index in [0.717, 1.165) is 12.3 Å². The number of rotatable bonds is 4. The predicted octanol–water partition coefficient (Wildman–Crippen LogP) is 1.76. The highest BCUT2D eigenvalue weighted by Gasteiger charge is 2.22. The molecule has 0 spiro atoms. The minimum atomic E-state index is 0.0315. The second-order valence-corrected chi connectivity index (χ2v) is 4.37. The van der Waals surface area contributed by atoms with E-state index in [4.69, 9.17) is 10.2 Å². The lowest BCUT2D eigenvalue weighted by Gasteiger charge is -2.34. The summed E-state index contributed by atoms with van der Waals surface area (Å²) >= 11 is 0. The maximum absolute atomic E-state index is 5.71. The van der Waals surface area contributed by atoms with Crippen LogP contribution in [-0.4, -0.2) is 24.0 Å². The molecule has 1 rings (SSSR count). The highest BCUT2D eigenvalue weighted by molar-refractivity contribution is 5.15. The van der Waals surface area contributed by atoms with Gasteiger partial charge in [0, 0.05) is 24.2 Å². The second kappa shape index (κ2) is 4.15. The van der Waals surface area contributed by atoms with Crippen molar-refractivity contribution in [1.82, 2.24) is 4.90 Å². The first kappa shape index (κ1) is 11.3. The monoisotopic (exact) mass is 196 g/mol. The Bertz CT molecular complexity index is 291. The van der Waals surface area contributed by atoms with Gasteiger partial charge in [-0.3, -0.25) is 4.90 Å². The van der Waals surface area contributed by atoms with Gasteiger partial charge in [0.2, 0.25) is 0 Å². The van der Waals surface area contributed by atoms with Crippen molar-refractivity contribution < 1.29 is 4.42 Å². The van der Waals surface area contributed by atoms with Crippen molar-refractivity contribution >= 4 is 0 Å². The van der Waals surface area contributed by atoms with E-state index in [1.165, 1.54) is 5.56 Å². The molecule has 0 saturated carbocycles. The Morgan fingerprint density at radius 3 is 2.57 bits per heavy atom. The number of nitrogens with zero attached hydrogens (tertiary/aromatic N) is 1. The molecule has 1 heterocycles. The van der Waals surface area contributed by atoms with Crippen LogP contribution in [-0.2, 0) is 6.54 Å². The summed E-state index contributed by atoms with van der Waals surface area (Å²) in [6, 6.07) is 2.01. The molecular formula is C11H20N2O. The highest BCUT2D eigenvalue weighted by Crippen LogP contribution is 2.17. The second-order valence-electron chi connectivity index (χ2n) is 4.37. The van der Waals surface area contributed by atoms with Crippen LogP contribution in [0.3, 0.4) is 0 Å². The van der Waals surface area contributed by atoms with E-state index in [9.17, 15) is 0 Å². The van der Waals surface area contributed by atoms with Gasteiger partial charge in [-0.1, -0.05) is 0 Å². The van der Waals surface area contributed by atoms with Gasteiger partial charge >= 0.3 is 0 Å². The molecule has 0 aliphatic rings. The van der Waals surface area contributed by atoms with Gasteiger partial charge in [0.1, 0.15) is 5.76 Å². The third-order valence-electron chi connectivity index (χ3n) is 2.91. The summed E-state index contributed by atoms with van der Waals surface area (Å²) in [5.41, 5.74) is 6.97. The van der Waals surface area contributed by atoms with E-state index in [0.29, 0.717) is 6.54 Å². The van der Waals surface area contributed by atoms with Gasteiger partial charge in [-0.2, -0.15) is 0 Å². The molecule has 0 aliphatic heterocycles. The summed E-state index contributed by atoms with van der Waals surface area (Å²) in [6.45, 7) is 7.80. The molecule has 0 atom stereocenters. The van der Waals surface area contributed by atoms with Gasteiger partial charge in [0.15, 0.2) is 0 Å². The van der Waals surface area contributed by atoms with Crippen molar-refractivity contribution in [2.24, 2.45) is 5.73 Å². The van der Waals surface area contributed by atoms with Gasteiger partial charge in [0.25, 0.3) is 0 Å². The largest absolute Gasteiger partial charge is 0.469 e. The molecule has 0 aliphatic carbocycles. The molecule has 0 saturated heterocycles. The number of hydrogen-bond donors (Lipinski definition) is 1. The number of furan rings is 1. The molecule has 3 nitrogen and oxygen atoms in total. The fourth-order valence-corrected chi connectivity index (χ4v) is 1.20. The minimum Gasteiger partial charge on any atom is -0.469 e. The van der Waals surface area contributed by atoms with Gasteiger partial charge in [0.05, 0.1) is 6.26 Å². The topological polar surface area (TPSA) is 42.4 Å². The van der Waals surface area contributed by atoms with Gasteiger partial charge < -0.3 is 10.2 Å². The van der Waals surface area contributed by atoms with E-state index >= 15 is 0 Å². The molecule has 0 aromatic carbocycles. The van der Waals surface area contributed by atoms with Crippen molar-refractivity contribution in [3.63, 3.8) is 0 Å². The molecule has 80 valence electrons. The predicted molar refractivity (Wildman–Crippen MR) is 58.0 cm³/mol. The maximum Gasteiger partial charge on any atom is 0.105 e. The third-order valence-corrected chi connectivity index (χ3v) is 2.91. The van der Waals surface area contributed by atoms with Crippen LogP contribution in [0.2, 0.25) is 0 Å². The molecule has 1 aromatic rings. The van der Waals surface area contributed by atoms with Crippen LogP contribution in [0.25, 0.3) is 0 Å². The zero-order chi connectivity index (χ0) is 10.8. The first-order valence-electron chi connectivity index (χ1n) is 4.91. The van der Waals surface area contributed by atoms with E-state index in [-0.39, 0.29) is 5.54 Å². The van der Waals surface area contributed by atoms with Crippen LogP contribution in [0.15, 0.2) is 16.7 Å². The lowest BCUT2D eigenvalue weighted by atomic mass is 10.0. The molecule has 3 heteroatoms. The Kier molecular flexibility index (Phi) is 3.34. The highest BCUT2D eigenvalue weighted by atomic mass is 16.3. The summed E-state index contributed by atoms with van der Waals surface area (Å²) < 4.78 is 5.25. The van der Waals surface area contributed by atoms with Crippen molar-refractivity contribution in [2.45, 2.75) is 32.9 Å². The van der Waals surface area contributed by atoms with Crippen molar-refractivity contribution in [1.29, 1.82) is 0 Å². The van der Waals surface area contributed by atoms with Gasteiger partial charge in [-0.05, 0) is 33.9 Å². The van der Waals surface area contributed by atoms with Crippen LogP contribution < -0.4 is 5.73 Å². The van der Waals surface area contributed by atoms with Crippen LogP contribution in [0.4, 0.5) is 0 Å². The van der Waals surface area contributed by atoms with Crippen LogP contribution >= 0.6 is 0 Å². The van der Waals surface area contributed by atoms with E-state index in [2.05, 4.69) is 25.8 Å². The Labute approximate surface area is 85.9 Å². The summed E-state index contributed by atoms with van der Waals surface area (Å²) in [5, 5.41) is 0. The summed E-state index contributed by atoms with van der Waals surface area (Å²) in [4.78, 5) is 2.24. The molecule has 2 N–H and O–H groups in total. The first-order chi connectivity index (χ1) is 6.47. The molecule has 0 radical (unpaired) electrons. The maximum atomic E-state index is 5.71. The van der Waals surface area contributed by atoms with E-state index in [1.54, 1.807) is 6.26 Å².